The molecule has 0 aliphatic carbocycles. The maximum atomic E-state index is 13.0. The predicted molar refractivity (Wildman–Crippen MR) is 77.1 cm³/mol. The van der Waals surface area contributed by atoms with Crippen LogP contribution in [0.25, 0.3) is 11.4 Å². The molecule has 100 valence electrons. The molecule has 3 nitrogen and oxygen atoms in total. The molecule has 0 saturated carbocycles. The Kier molecular flexibility index (Phi) is 4.99. The molecule has 0 radical (unpaired) electrons. The van der Waals surface area contributed by atoms with E-state index < -0.39 is 0 Å². The van der Waals surface area contributed by atoms with E-state index >= 15 is 0 Å². The molecule has 2 rings (SSSR count). The number of aromatic nitrogens is 2. The van der Waals surface area contributed by atoms with Gasteiger partial charge >= 0.3 is 0 Å². The molecule has 1 N–H and O–H groups in total. The third-order valence-electron chi connectivity index (χ3n) is 2.63. The average Bonchev–Trinajstić information content (AvgIpc) is 2.40. The molecule has 0 amide bonds. The third kappa shape index (κ3) is 3.81. The van der Waals surface area contributed by atoms with Gasteiger partial charge in [-0.05, 0) is 47.1 Å². The number of nitrogens with one attached hydrogen (secondary N) is 1. The molecule has 1 aromatic heterocycles. The van der Waals surface area contributed by atoms with Crippen LogP contribution >= 0.6 is 15.9 Å². The van der Waals surface area contributed by atoms with E-state index in [0.717, 1.165) is 30.6 Å². The number of hydrogen-bond acceptors (Lipinski definition) is 3. The van der Waals surface area contributed by atoms with Crippen LogP contribution in [0.1, 0.15) is 18.9 Å². The van der Waals surface area contributed by atoms with Crippen molar-refractivity contribution in [1.82, 2.24) is 15.3 Å². The molecular formula is C14H15BrFN3. The van der Waals surface area contributed by atoms with Gasteiger partial charge in [-0.1, -0.05) is 6.92 Å². The van der Waals surface area contributed by atoms with Gasteiger partial charge in [0.1, 0.15) is 5.82 Å². The maximum absolute atomic E-state index is 13.0. The van der Waals surface area contributed by atoms with Gasteiger partial charge in [0.05, 0.1) is 0 Å². The molecule has 0 bridgehead atoms. The number of hydrogen-bond donors (Lipinski definition) is 1. The summed E-state index contributed by atoms with van der Waals surface area (Å²) < 4.78 is 13.7. The zero-order valence-electron chi connectivity index (χ0n) is 10.7. The molecular weight excluding hydrogens is 309 g/mol. The lowest BCUT2D eigenvalue weighted by molar-refractivity contribution is 0.627. The highest BCUT2D eigenvalue weighted by Crippen LogP contribution is 2.25. The van der Waals surface area contributed by atoms with Crippen LogP contribution in [0.4, 0.5) is 4.39 Å². The number of benzene rings is 1. The summed E-state index contributed by atoms with van der Waals surface area (Å²) in [5, 5.41) is 3.29. The molecule has 19 heavy (non-hydrogen) atoms. The van der Waals surface area contributed by atoms with E-state index in [2.05, 4.69) is 38.1 Å². The van der Waals surface area contributed by atoms with Crippen molar-refractivity contribution in [1.29, 1.82) is 0 Å². The normalized spacial score (nSPS) is 10.7. The van der Waals surface area contributed by atoms with Crippen molar-refractivity contribution in [2.75, 3.05) is 6.54 Å². The summed E-state index contributed by atoms with van der Waals surface area (Å²) in [7, 11) is 0. The van der Waals surface area contributed by atoms with Crippen molar-refractivity contribution < 1.29 is 4.39 Å². The molecule has 0 atom stereocenters. The first-order valence-electron chi connectivity index (χ1n) is 6.17. The van der Waals surface area contributed by atoms with E-state index in [1.165, 1.54) is 12.1 Å². The second kappa shape index (κ2) is 6.73. The Balaban J connectivity index is 2.13. The number of halogens is 2. The summed E-state index contributed by atoms with van der Waals surface area (Å²) in [6.45, 7) is 3.86. The molecule has 0 spiro atoms. The van der Waals surface area contributed by atoms with Crippen LogP contribution in [0.5, 0.6) is 0 Å². The van der Waals surface area contributed by atoms with E-state index in [4.69, 9.17) is 0 Å². The summed E-state index contributed by atoms with van der Waals surface area (Å²) in [6.07, 6.45) is 4.68. The van der Waals surface area contributed by atoms with Crippen LogP contribution in [0.2, 0.25) is 0 Å². The monoisotopic (exact) mass is 323 g/mol. The van der Waals surface area contributed by atoms with Gasteiger partial charge in [0, 0.05) is 34.5 Å². The molecule has 0 fully saturated rings. The van der Waals surface area contributed by atoms with E-state index in [9.17, 15) is 4.39 Å². The lowest BCUT2D eigenvalue weighted by Gasteiger charge is -2.05. The summed E-state index contributed by atoms with van der Waals surface area (Å²) in [4.78, 5) is 8.63. The zero-order chi connectivity index (χ0) is 13.7. The van der Waals surface area contributed by atoms with Gasteiger partial charge in [-0.15, -0.1) is 0 Å². The summed E-state index contributed by atoms with van der Waals surface area (Å²) in [5.74, 6) is 0.308. The predicted octanol–water partition coefficient (Wildman–Crippen LogP) is 3.54. The van der Waals surface area contributed by atoms with Crippen molar-refractivity contribution >= 4 is 15.9 Å². The third-order valence-corrected chi connectivity index (χ3v) is 3.29. The highest BCUT2D eigenvalue weighted by molar-refractivity contribution is 9.10. The van der Waals surface area contributed by atoms with Crippen molar-refractivity contribution in [3.8, 4) is 11.4 Å². The van der Waals surface area contributed by atoms with Gasteiger partial charge in [-0.25, -0.2) is 14.4 Å². The summed E-state index contributed by atoms with van der Waals surface area (Å²) in [5.41, 5.74) is 1.82. The van der Waals surface area contributed by atoms with Crippen LogP contribution in [0, 0.1) is 5.82 Å². The molecule has 0 unspecified atom stereocenters. The van der Waals surface area contributed by atoms with Crippen molar-refractivity contribution in [2.24, 2.45) is 0 Å². The largest absolute Gasteiger partial charge is 0.313 e. The fourth-order valence-electron chi connectivity index (χ4n) is 1.67. The number of rotatable bonds is 5. The van der Waals surface area contributed by atoms with Gasteiger partial charge in [0.2, 0.25) is 0 Å². The second-order valence-electron chi connectivity index (χ2n) is 4.22. The first-order chi connectivity index (χ1) is 9.20. The smallest absolute Gasteiger partial charge is 0.160 e. The van der Waals surface area contributed by atoms with Crippen molar-refractivity contribution in [2.45, 2.75) is 19.9 Å². The van der Waals surface area contributed by atoms with Crippen LogP contribution in [0.3, 0.4) is 0 Å². The SMILES string of the molecule is CCCNCc1cnc(-c2ccc(F)cc2Br)nc1. The van der Waals surface area contributed by atoms with E-state index in [1.807, 2.05) is 0 Å². The second-order valence-corrected chi connectivity index (χ2v) is 5.07. The molecule has 2 aromatic rings. The Hall–Kier alpha value is -1.33. The lowest BCUT2D eigenvalue weighted by atomic mass is 10.2. The van der Waals surface area contributed by atoms with Gasteiger partial charge in [-0.2, -0.15) is 0 Å². The fourth-order valence-corrected chi connectivity index (χ4v) is 2.19. The van der Waals surface area contributed by atoms with Gasteiger partial charge in [-0.3, -0.25) is 0 Å². The zero-order valence-corrected chi connectivity index (χ0v) is 12.2. The quantitative estimate of drug-likeness (QED) is 0.855. The molecule has 1 heterocycles. The maximum Gasteiger partial charge on any atom is 0.160 e. The van der Waals surface area contributed by atoms with Crippen molar-refractivity contribution in [3.63, 3.8) is 0 Å². The molecule has 0 aliphatic heterocycles. The standard InChI is InChI=1S/C14H15BrFN3/c1-2-5-17-7-10-8-18-14(19-9-10)12-4-3-11(16)6-13(12)15/h3-4,6,8-9,17H,2,5,7H2,1H3. The lowest BCUT2D eigenvalue weighted by Crippen LogP contribution is -2.14. The van der Waals surface area contributed by atoms with Crippen LogP contribution in [0.15, 0.2) is 35.1 Å². The first kappa shape index (κ1) is 14.1. The highest BCUT2D eigenvalue weighted by atomic mass is 79.9. The summed E-state index contributed by atoms with van der Waals surface area (Å²) in [6, 6.07) is 4.49. The Morgan fingerprint density at radius 1 is 1.26 bits per heavy atom. The van der Waals surface area contributed by atoms with E-state index in [-0.39, 0.29) is 5.82 Å². The first-order valence-corrected chi connectivity index (χ1v) is 6.97. The molecule has 0 aliphatic rings. The minimum absolute atomic E-state index is 0.281. The van der Waals surface area contributed by atoms with Crippen LogP contribution in [-0.2, 0) is 6.54 Å². The average molecular weight is 324 g/mol. The molecule has 5 heteroatoms. The van der Waals surface area contributed by atoms with Crippen LogP contribution in [-0.4, -0.2) is 16.5 Å². The molecule has 0 saturated heterocycles. The van der Waals surface area contributed by atoms with Gasteiger partial charge in [0.15, 0.2) is 5.82 Å². The minimum atomic E-state index is -0.281. The van der Waals surface area contributed by atoms with Crippen LogP contribution < -0.4 is 5.32 Å². The topological polar surface area (TPSA) is 37.8 Å². The van der Waals surface area contributed by atoms with E-state index in [1.54, 1.807) is 18.5 Å². The number of nitrogens with zero attached hydrogens (tertiary/aromatic N) is 2. The summed E-state index contributed by atoms with van der Waals surface area (Å²) >= 11 is 3.32. The fraction of sp³-hybridized carbons (Fsp3) is 0.286. The Labute approximate surface area is 120 Å². The van der Waals surface area contributed by atoms with E-state index in [0.29, 0.717) is 10.3 Å². The minimum Gasteiger partial charge on any atom is -0.313 e. The van der Waals surface area contributed by atoms with Crippen molar-refractivity contribution in [3.05, 3.63) is 46.4 Å². The Morgan fingerprint density at radius 2 is 2.00 bits per heavy atom. The highest BCUT2D eigenvalue weighted by Gasteiger charge is 2.07. The van der Waals surface area contributed by atoms with Gasteiger partial charge < -0.3 is 5.32 Å². The molecule has 1 aromatic carbocycles. The Morgan fingerprint density at radius 3 is 2.63 bits per heavy atom. The Bertz CT molecular complexity index is 543. The van der Waals surface area contributed by atoms with Gasteiger partial charge in [0.25, 0.3) is 0 Å².